The molecular formula is C18H22N4O. The molecule has 2 aromatic rings. The van der Waals surface area contributed by atoms with Crippen LogP contribution in [0.3, 0.4) is 0 Å². The average Bonchev–Trinajstić information content (AvgIpc) is 2.95. The minimum absolute atomic E-state index is 0.0200. The Morgan fingerprint density at radius 3 is 2.91 bits per heavy atom. The third-order valence-corrected chi connectivity index (χ3v) is 5.01. The standard InChI is InChI=1S/C18H22N4O/c1-21-12-15(9-13-5-2-3-8-17(13)21)20-18(23)14-10-19-22(11-14)16-6-4-7-16/h2-3,5,8,10-11,15-16H,4,6-7,9,12H2,1H3,(H,20,23). The molecule has 5 heteroatoms. The van der Waals surface area contributed by atoms with Gasteiger partial charge in [-0.25, -0.2) is 0 Å². The summed E-state index contributed by atoms with van der Waals surface area (Å²) in [6.07, 6.45) is 8.07. The second kappa shape index (κ2) is 5.72. The van der Waals surface area contributed by atoms with E-state index in [9.17, 15) is 4.79 Å². The number of carbonyl (C=O) groups is 1. The molecule has 0 bridgehead atoms. The Bertz CT molecular complexity index is 719. The first-order valence-corrected chi connectivity index (χ1v) is 8.35. The topological polar surface area (TPSA) is 50.2 Å². The normalized spacial score (nSPS) is 20.7. The van der Waals surface area contributed by atoms with Crippen molar-refractivity contribution < 1.29 is 4.79 Å². The molecule has 1 atom stereocenters. The van der Waals surface area contributed by atoms with Gasteiger partial charge in [-0.15, -0.1) is 0 Å². The molecule has 1 amide bonds. The summed E-state index contributed by atoms with van der Waals surface area (Å²) in [7, 11) is 2.08. The zero-order valence-corrected chi connectivity index (χ0v) is 13.4. The van der Waals surface area contributed by atoms with Crippen molar-refractivity contribution in [3.8, 4) is 0 Å². The van der Waals surface area contributed by atoms with Gasteiger partial charge in [0.2, 0.25) is 0 Å². The lowest BCUT2D eigenvalue weighted by Gasteiger charge is -2.33. The number of fused-ring (bicyclic) bond motifs is 1. The molecule has 0 radical (unpaired) electrons. The number of aromatic nitrogens is 2. The second-order valence-electron chi connectivity index (χ2n) is 6.68. The molecule has 2 aliphatic rings. The molecule has 120 valence electrons. The largest absolute Gasteiger partial charge is 0.372 e. The molecule has 1 aliphatic carbocycles. The number of rotatable bonds is 3. The second-order valence-corrected chi connectivity index (χ2v) is 6.68. The molecule has 2 heterocycles. The minimum Gasteiger partial charge on any atom is -0.372 e. The number of amides is 1. The summed E-state index contributed by atoms with van der Waals surface area (Å²) < 4.78 is 1.95. The SMILES string of the molecule is CN1CC(NC(=O)c2cnn(C3CCC3)c2)Cc2ccccc21. The highest BCUT2D eigenvalue weighted by molar-refractivity contribution is 5.94. The summed E-state index contributed by atoms with van der Waals surface area (Å²) in [6.45, 7) is 0.833. The van der Waals surface area contributed by atoms with E-state index in [1.807, 2.05) is 10.9 Å². The average molecular weight is 310 g/mol. The number of nitrogens with zero attached hydrogens (tertiary/aromatic N) is 3. The Hall–Kier alpha value is -2.30. The fourth-order valence-electron chi connectivity index (χ4n) is 3.49. The predicted molar refractivity (Wildman–Crippen MR) is 89.8 cm³/mol. The summed E-state index contributed by atoms with van der Waals surface area (Å²) in [5, 5.41) is 7.51. The molecule has 0 spiro atoms. The molecule has 1 aromatic heterocycles. The molecule has 1 saturated carbocycles. The van der Waals surface area contributed by atoms with Crippen molar-refractivity contribution in [3.63, 3.8) is 0 Å². The summed E-state index contributed by atoms with van der Waals surface area (Å²) in [4.78, 5) is 14.7. The number of anilines is 1. The van der Waals surface area contributed by atoms with Crippen molar-refractivity contribution in [2.75, 3.05) is 18.5 Å². The lowest BCUT2D eigenvalue weighted by molar-refractivity contribution is 0.0937. The van der Waals surface area contributed by atoms with Gasteiger partial charge in [0.1, 0.15) is 0 Å². The summed E-state index contributed by atoms with van der Waals surface area (Å²) in [5.41, 5.74) is 3.21. The number of likely N-dealkylation sites (N-methyl/N-ethyl adjacent to an activating group) is 1. The van der Waals surface area contributed by atoms with Crippen molar-refractivity contribution in [2.24, 2.45) is 0 Å². The first-order chi connectivity index (χ1) is 11.2. The fourth-order valence-corrected chi connectivity index (χ4v) is 3.49. The van der Waals surface area contributed by atoms with Crippen LogP contribution in [0.2, 0.25) is 0 Å². The van der Waals surface area contributed by atoms with E-state index in [0.29, 0.717) is 11.6 Å². The summed E-state index contributed by atoms with van der Waals surface area (Å²) in [5.74, 6) is -0.0200. The summed E-state index contributed by atoms with van der Waals surface area (Å²) in [6, 6.07) is 9.01. The first kappa shape index (κ1) is 14.3. The smallest absolute Gasteiger partial charge is 0.254 e. The van der Waals surface area contributed by atoms with Crippen molar-refractivity contribution in [1.82, 2.24) is 15.1 Å². The van der Waals surface area contributed by atoms with E-state index < -0.39 is 0 Å². The van der Waals surface area contributed by atoms with Crippen LogP contribution in [-0.2, 0) is 6.42 Å². The third-order valence-electron chi connectivity index (χ3n) is 5.01. The number of hydrogen-bond donors (Lipinski definition) is 1. The van der Waals surface area contributed by atoms with E-state index in [1.165, 1.54) is 30.5 Å². The van der Waals surface area contributed by atoms with Crippen LogP contribution in [0, 0.1) is 0 Å². The highest BCUT2D eigenvalue weighted by atomic mass is 16.1. The van der Waals surface area contributed by atoms with Crippen LogP contribution in [-0.4, -0.2) is 35.3 Å². The van der Waals surface area contributed by atoms with Crippen molar-refractivity contribution in [1.29, 1.82) is 0 Å². The molecule has 4 rings (SSSR count). The molecule has 0 saturated heterocycles. The Kier molecular flexibility index (Phi) is 3.56. The first-order valence-electron chi connectivity index (χ1n) is 8.35. The van der Waals surface area contributed by atoms with Gasteiger partial charge in [-0.1, -0.05) is 18.2 Å². The van der Waals surface area contributed by atoms with Crippen LogP contribution in [0.5, 0.6) is 0 Å². The number of nitrogens with one attached hydrogen (secondary N) is 1. The molecule has 1 unspecified atom stereocenters. The van der Waals surface area contributed by atoms with Gasteiger partial charge in [0, 0.05) is 25.5 Å². The predicted octanol–water partition coefficient (Wildman–Crippen LogP) is 2.40. The Labute approximate surface area is 136 Å². The van der Waals surface area contributed by atoms with Gasteiger partial charge in [-0.3, -0.25) is 9.48 Å². The van der Waals surface area contributed by atoms with Gasteiger partial charge in [-0.2, -0.15) is 5.10 Å². The van der Waals surface area contributed by atoms with E-state index in [4.69, 9.17) is 0 Å². The van der Waals surface area contributed by atoms with Crippen LogP contribution < -0.4 is 10.2 Å². The lowest BCUT2D eigenvalue weighted by atomic mass is 9.93. The molecule has 5 nitrogen and oxygen atoms in total. The highest BCUT2D eigenvalue weighted by Crippen LogP contribution is 2.31. The van der Waals surface area contributed by atoms with Crippen molar-refractivity contribution >= 4 is 11.6 Å². The number of hydrogen-bond acceptors (Lipinski definition) is 3. The van der Waals surface area contributed by atoms with E-state index in [-0.39, 0.29) is 11.9 Å². The van der Waals surface area contributed by atoms with Crippen LogP contribution >= 0.6 is 0 Å². The molecule has 1 aliphatic heterocycles. The van der Waals surface area contributed by atoms with Gasteiger partial charge >= 0.3 is 0 Å². The van der Waals surface area contributed by atoms with Gasteiger partial charge in [-0.05, 0) is 37.3 Å². The Morgan fingerprint density at radius 1 is 1.30 bits per heavy atom. The molecular weight excluding hydrogens is 288 g/mol. The molecule has 1 aromatic carbocycles. The number of para-hydroxylation sites is 1. The van der Waals surface area contributed by atoms with Crippen LogP contribution in [0.25, 0.3) is 0 Å². The van der Waals surface area contributed by atoms with E-state index in [0.717, 1.165) is 13.0 Å². The van der Waals surface area contributed by atoms with Crippen LogP contribution in [0.1, 0.15) is 41.2 Å². The maximum atomic E-state index is 12.5. The zero-order chi connectivity index (χ0) is 15.8. The lowest BCUT2D eigenvalue weighted by Crippen LogP contribution is -2.47. The molecule has 1 N–H and O–H groups in total. The number of benzene rings is 1. The van der Waals surface area contributed by atoms with E-state index in [1.54, 1.807) is 6.20 Å². The Morgan fingerprint density at radius 2 is 2.13 bits per heavy atom. The quantitative estimate of drug-likeness (QED) is 0.947. The highest BCUT2D eigenvalue weighted by Gasteiger charge is 2.25. The molecule has 1 fully saturated rings. The summed E-state index contributed by atoms with van der Waals surface area (Å²) >= 11 is 0. The minimum atomic E-state index is -0.0200. The maximum Gasteiger partial charge on any atom is 0.254 e. The third kappa shape index (κ3) is 2.71. The van der Waals surface area contributed by atoms with Crippen LogP contribution in [0.15, 0.2) is 36.7 Å². The van der Waals surface area contributed by atoms with E-state index in [2.05, 4.69) is 46.6 Å². The van der Waals surface area contributed by atoms with Crippen molar-refractivity contribution in [2.45, 2.75) is 37.8 Å². The maximum absolute atomic E-state index is 12.5. The molecule has 23 heavy (non-hydrogen) atoms. The van der Waals surface area contributed by atoms with Crippen molar-refractivity contribution in [3.05, 3.63) is 47.8 Å². The van der Waals surface area contributed by atoms with Gasteiger partial charge in [0.15, 0.2) is 0 Å². The zero-order valence-electron chi connectivity index (χ0n) is 13.4. The van der Waals surface area contributed by atoms with Crippen LogP contribution in [0.4, 0.5) is 5.69 Å². The van der Waals surface area contributed by atoms with Gasteiger partial charge < -0.3 is 10.2 Å². The Balaban J connectivity index is 1.44. The van der Waals surface area contributed by atoms with Gasteiger partial charge in [0.05, 0.1) is 23.8 Å². The van der Waals surface area contributed by atoms with E-state index >= 15 is 0 Å². The number of carbonyl (C=O) groups excluding carboxylic acids is 1. The van der Waals surface area contributed by atoms with Gasteiger partial charge in [0.25, 0.3) is 5.91 Å². The monoisotopic (exact) mass is 310 g/mol. The fraction of sp³-hybridized carbons (Fsp3) is 0.444.